The number of rotatable bonds is 3. The van der Waals surface area contributed by atoms with Crippen molar-refractivity contribution < 1.29 is 0 Å². The molecule has 2 rings (SSSR count). The van der Waals surface area contributed by atoms with Crippen molar-refractivity contribution in [2.24, 2.45) is 5.73 Å². The Morgan fingerprint density at radius 2 is 2.00 bits per heavy atom. The molecule has 2 N–H and O–H groups in total. The number of aromatic nitrogens is 1. The number of benzene rings is 1. The lowest BCUT2D eigenvalue weighted by molar-refractivity contribution is 0.559. The monoisotopic (exact) mass is 306 g/mol. The van der Waals surface area contributed by atoms with Gasteiger partial charge in [-0.1, -0.05) is 30.3 Å². The minimum absolute atomic E-state index is 0.00424. The van der Waals surface area contributed by atoms with Crippen LogP contribution >= 0.6 is 15.9 Å². The van der Waals surface area contributed by atoms with Crippen molar-refractivity contribution in [2.75, 3.05) is 0 Å². The van der Waals surface area contributed by atoms with Crippen molar-refractivity contribution in [1.29, 1.82) is 0 Å². The fraction of sp³-hybridized carbons (Fsp3) is 0.214. The van der Waals surface area contributed by atoms with Crippen LogP contribution in [0, 0.1) is 6.92 Å². The maximum Gasteiger partial charge on any atom is 0.253 e. The second-order valence-corrected chi connectivity index (χ2v) is 5.23. The van der Waals surface area contributed by atoms with Crippen LogP contribution in [-0.2, 0) is 6.54 Å². The quantitative estimate of drug-likeness (QED) is 0.947. The molecule has 2 aromatic rings. The predicted molar refractivity (Wildman–Crippen MR) is 76.5 cm³/mol. The molecule has 0 fully saturated rings. The summed E-state index contributed by atoms with van der Waals surface area (Å²) in [4.78, 5) is 12.0. The van der Waals surface area contributed by atoms with Gasteiger partial charge in [0.15, 0.2) is 0 Å². The van der Waals surface area contributed by atoms with E-state index in [0.717, 1.165) is 10.0 Å². The van der Waals surface area contributed by atoms with Crippen molar-refractivity contribution in [3.05, 3.63) is 68.5 Å². The molecule has 0 saturated carbocycles. The lowest BCUT2D eigenvalue weighted by Crippen LogP contribution is -2.27. The number of nitrogens with two attached hydrogens (primary N) is 1. The van der Waals surface area contributed by atoms with Crippen molar-refractivity contribution in [3.8, 4) is 0 Å². The van der Waals surface area contributed by atoms with Crippen LogP contribution in [0.4, 0.5) is 0 Å². The average molecular weight is 307 g/mol. The summed E-state index contributed by atoms with van der Waals surface area (Å²) in [5.41, 5.74) is 7.87. The molecular formula is C14H15BrN2O. The van der Waals surface area contributed by atoms with Crippen LogP contribution in [0.25, 0.3) is 0 Å². The fourth-order valence-electron chi connectivity index (χ4n) is 1.89. The zero-order valence-electron chi connectivity index (χ0n) is 10.1. The highest BCUT2D eigenvalue weighted by Gasteiger charge is 2.09. The molecular weight excluding hydrogens is 292 g/mol. The van der Waals surface area contributed by atoms with Crippen LogP contribution in [0.2, 0.25) is 0 Å². The van der Waals surface area contributed by atoms with E-state index < -0.39 is 0 Å². The molecule has 1 atom stereocenters. The van der Waals surface area contributed by atoms with E-state index in [4.69, 9.17) is 5.73 Å². The third-order valence-corrected chi connectivity index (χ3v) is 3.29. The van der Waals surface area contributed by atoms with Crippen LogP contribution in [0.5, 0.6) is 0 Å². The van der Waals surface area contributed by atoms with E-state index in [9.17, 15) is 4.79 Å². The summed E-state index contributed by atoms with van der Waals surface area (Å²) in [6.45, 7) is 2.28. The summed E-state index contributed by atoms with van der Waals surface area (Å²) in [6, 6.07) is 11.4. The van der Waals surface area contributed by atoms with Crippen LogP contribution in [0.3, 0.4) is 0 Å². The normalized spacial score (nSPS) is 12.4. The molecule has 0 spiro atoms. The SMILES string of the molecule is Cc1cc(Br)cn(CC(N)c2ccccc2)c1=O. The van der Waals surface area contributed by atoms with Crippen LogP contribution in [0.15, 0.2) is 51.9 Å². The molecule has 0 aliphatic carbocycles. The molecule has 18 heavy (non-hydrogen) atoms. The lowest BCUT2D eigenvalue weighted by Gasteiger charge is -2.14. The molecule has 0 saturated heterocycles. The number of halogens is 1. The highest BCUT2D eigenvalue weighted by atomic mass is 79.9. The van der Waals surface area contributed by atoms with Gasteiger partial charge in [0.25, 0.3) is 5.56 Å². The molecule has 0 radical (unpaired) electrons. The first-order chi connectivity index (χ1) is 8.58. The van der Waals surface area contributed by atoms with Gasteiger partial charge in [0.2, 0.25) is 0 Å². The Kier molecular flexibility index (Phi) is 3.99. The molecule has 1 heterocycles. The number of nitrogens with zero attached hydrogens (tertiary/aromatic N) is 1. The van der Waals surface area contributed by atoms with Crippen molar-refractivity contribution in [3.63, 3.8) is 0 Å². The summed E-state index contributed by atoms with van der Waals surface area (Å²) in [5, 5.41) is 0. The first-order valence-electron chi connectivity index (χ1n) is 5.75. The first kappa shape index (κ1) is 13.1. The van der Waals surface area contributed by atoms with Gasteiger partial charge in [-0.25, -0.2) is 0 Å². The number of pyridine rings is 1. The van der Waals surface area contributed by atoms with E-state index in [1.807, 2.05) is 36.4 Å². The average Bonchev–Trinajstić information content (AvgIpc) is 2.36. The highest BCUT2D eigenvalue weighted by Crippen LogP contribution is 2.13. The summed E-state index contributed by atoms with van der Waals surface area (Å²) in [7, 11) is 0. The Morgan fingerprint density at radius 3 is 2.67 bits per heavy atom. The number of hydrogen-bond donors (Lipinski definition) is 1. The highest BCUT2D eigenvalue weighted by molar-refractivity contribution is 9.10. The predicted octanol–water partition coefficient (Wildman–Crippen LogP) is 2.62. The molecule has 1 aromatic carbocycles. The maximum atomic E-state index is 12.0. The van der Waals surface area contributed by atoms with Crippen LogP contribution in [0.1, 0.15) is 17.2 Å². The third kappa shape index (κ3) is 2.89. The number of hydrogen-bond acceptors (Lipinski definition) is 2. The second kappa shape index (κ2) is 5.50. The topological polar surface area (TPSA) is 48.0 Å². The molecule has 3 nitrogen and oxygen atoms in total. The molecule has 0 aliphatic heterocycles. The molecule has 1 aromatic heterocycles. The van der Waals surface area contributed by atoms with Crippen LogP contribution < -0.4 is 11.3 Å². The molecule has 0 aliphatic rings. The van der Waals surface area contributed by atoms with Gasteiger partial charge >= 0.3 is 0 Å². The van der Waals surface area contributed by atoms with Crippen LogP contribution in [-0.4, -0.2) is 4.57 Å². The minimum atomic E-state index is -0.183. The van der Waals surface area contributed by atoms with Gasteiger partial charge in [0.05, 0.1) is 0 Å². The Balaban J connectivity index is 2.27. The Morgan fingerprint density at radius 1 is 1.33 bits per heavy atom. The number of aryl methyl sites for hydroxylation is 1. The summed E-state index contributed by atoms with van der Waals surface area (Å²) in [5.74, 6) is 0. The van der Waals surface area contributed by atoms with Gasteiger partial charge in [-0.3, -0.25) is 4.79 Å². The van der Waals surface area contributed by atoms with E-state index in [-0.39, 0.29) is 11.6 Å². The Bertz CT molecular complexity index is 592. The lowest BCUT2D eigenvalue weighted by atomic mass is 10.1. The molecule has 94 valence electrons. The zero-order chi connectivity index (χ0) is 13.1. The van der Waals surface area contributed by atoms with E-state index in [2.05, 4.69) is 15.9 Å². The largest absolute Gasteiger partial charge is 0.322 e. The summed E-state index contributed by atoms with van der Waals surface area (Å²) in [6.07, 6.45) is 1.78. The first-order valence-corrected chi connectivity index (χ1v) is 6.54. The zero-order valence-corrected chi connectivity index (χ0v) is 11.7. The second-order valence-electron chi connectivity index (χ2n) is 4.32. The van der Waals surface area contributed by atoms with Gasteiger partial charge < -0.3 is 10.3 Å². The smallest absolute Gasteiger partial charge is 0.253 e. The van der Waals surface area contributed by atoms with Gasteiger partial charge in [0.1, 0.15) is 0 Å². The summed E-state index contributed by atoms with van der Waals surface area (Å²) >= 11 is 3.39. The van der Waals surface area contributed by atoms with Crippen molar-refractivity contribution in [1.82, 2.24) is 4.57 Å². The van der Waals surface area contributed by atoms with Gasteiger partial charge in [-0.2, -0.15) is 0 Å². The van der Waals surface area contributed by atoms with E-state index in [0.29, 0.717) is 12.1 Å². The van der Waals surface area contributed by atoms with Crippen molar-refractivity contribution >= 4 is 15.9 Å². The fourth-order valence-corrected chi connectivity index (χ4v) is 2.48. The Hall–Kier alpha value is -1.39. The molecule has 1 unspecified atom stereocenters. The molecule has 0 amide bonds. The van der Waals surface area contributed by atoms with Gasteiger partial charge in [-0.05, 0) is 34.5 Å². The summed E-state index contributed by atoms with van der Waals surface area (Å²) < 4.78 is 2.54. The standard InChI is InChI=1S/C14H15BrN2O/c1-10-7-12(15)8-17(14(10)18)9-13(16)11-5-3-2-4-6-11/h2-8,13H,9,16H2,1H3. The third-order valence-electron chi connectivity index (χ3n) is 2.85. The molecule has 0 bridgehead atoms. The minimum Gasteiger partial charge on any atom is -0.322 e. The van der Waals surface area contributed by atoms with Gasteiger partial charge in [-0.15, -0.1) is 0 Å². The van der Waals surface area contributed by atoms with E-state index in [1.165, 1.54) is 0 Å². The van der Waals surface area contributed by atoms with Gasteiger partial charge in [0, 0.05) is 28.8 Å². The van der Waals surface area contributed by atoms with E-state index >= 15 is 0 Å². The molecule has 4 heteroatoms. The van der Waals surface area contributed by atoms with Crippen molar-refractivity contribution in [2.45, 2.75) is 19.5 Å². The maximum absolute atomic E-state index is 12.0. The Labute approximate surface area is 114 Å². The van der Waals surface area contributed by atoms with E-state index in [1.54, 1.807) is 17.7 Å².